The summed E-state index contributed by atoms with van der Waals surface area (Å²) >= 11 is 1.68. The van der Waals surface area contributed by atoms with Crippen LogP contribution in [0.15, 0.2) is 24.4 Å². The summed E-state index contributed by atoms with van der Waals surface area (Å²) in [6.45, 7) is 6.73. The fourth-order valence-corrected chi connectivity index (χ4v) is 5.13. The van der Waals surface area contributed by atoms with E-state index in [4.69, 9.17) is 19.0 Å². The van der Waals surface area contributed by atoms with E-state index in [1.165, 1.54) is 10.4 Å². The van der Waals surface area contributed by atoms with Gasteiger partial charge < -0.3 is 14.2 Å². The molecule has 1 saturated carbocycles. The van der Waals surface area contributed by atoms with E-state index in [2.05, 4.69) is 34.4 Å². The van der Waals surface area contributed by atoms with E-state index in [0.717, 1.165) is 62.2 Å². The topological polar surface area (TPSA) is 65.1 Å². The maximum absolute atomic E-state index is 5.89. The first-order valence-electron chi connectivity index (χ1n) is 10.3. The van der Waals surface area contributed by atoms with E-state index in [0.29, 0.717) is 19.4 Å². The lowest BCUT2D eigenvalue weighted by Gasteiger charge is -2.33. The van der Waals surface area contributed by atoms with Crippen molar-refractivity contribution in [2.24, 2.45) is 0 Å². The van der Waals surface area contributed by atoms with Crippen LogP contribution in [-0.4, -0.2) is 49.6 Å². The number of benzene rings is 1. The molecule has 29 heavy (non-hydrogen) atoms. The lowest BCUT2D eigenvalue weighted by Crippen LogP contribution is -2.38. The summed E-state index contributed by atoms with van der Waals surface area (Å²) in [6, 6.07) is 6.61. The molecule has 5 rings (SSSR count). The fraction of sp³-hybridized carbons (Fsp3) is 0.571. The predicted octanol–water partition coefficient (Wildman–Crippen LogP) is 3.73. The zero-order valence-electron chi connectivity index (χ0n) is 16.7. The van der Waals surface area contributed by atoms with E-state index in [9.17, 15) is 0 Å². The van der Waals surface area contributed by atoms with E-state index in [1.807, 2.05) is 12.3 Å². The molecule has 156 valence electrons. The van der Waals surface area contributed by atoms with Crippen molar-refractivity contribution in [1.82, 2.24) is 9.88 Å². The number of hydrogen-bond donors (Lipinski definition) is 1. The molecule has 1 aliphatic carbocycles. The molecule has 3 aliphatic rings. The molecule has 1 aromatic heterocycles. The van der Waals surface area contributed by atoms with Crippen LogP contribution in [-0.2, 0) is 15.0 Å². The number of rotatable bonds is 8. The third-order valence-corrected chi connectivity index (χ3v) is 7.07. The van der Waals surface area contributed by atoms with Crippen LogP contribution in [0.4, 0.5) is 5.13 Å². The maximum atomic E-state index is 5.89. The van der Waals surface area contributed by atoms with Gasteiger partial charge >= 0.3 is 0 Å². The highest BCUT2D eigenvalue weighted by molar-refractivity contribution is 7.15. The Labute approximate surface area is 174 Å². The van der Waals surface area contributed by atoms with Gasteiger partial charge in [-0.3, -0.25) is 9.74 Å². The number of fused-ring (bicyclic) bond motifs is 1. The number of aromatic nitrogens is 1. The number of anilines is 1. The van der Waals surface area contributed by atoms with Crippen LogP contribution in [0.3, 0.4) is 0 Å². The summed E-state index contributed by atoms with van der Waals surface area (Å²) in [5.74, 6) is 1.66. The van der Waals surface area contributed by atoms with E-state index in [-0.39, 0.29) is 5.41 Å². The number of thiazole rings is 1. The Morgan fingerprint density at radius 2 is 2.07 bits per heavy atom. The summed E-state index contributed by atoms with van der Waals surface area (Å²) in [7, 11) is 0. The van der Waals surface area contributed by atoms with Gasteiger partial charge in [-0.25, -0.2) is 10.5 Å². The summed E-state index contributed by atoms with van der Waals surface area (Å²) in [6.07, 6.45) is 5.28. The van der Waals surface area contributed by atoms with Gasteiger partial charge in [-0.05, 0) is 37.0 Å². The Hall–Kier alpha value is -1.87. The highest BCUT2D eigenvalue weighted by atomic mass is 32.1. The van der Waals surface area contributed by atoms with Crippen molar-refractivity contribution < 1.29 is 19.0 Å². The van der Waals surface area contributed by atoms with Gasteiger partial charge in [0, 0.05) is 35.6 Å². The first-order valence-corrected chi connectivity index (χ1v) is 11.1. The molecule has 1 saturated heterocycles. The second-order valence-electron chi connectivity index (χ2n) is 7.88. The van der Waals surface area contributed by atoms with E-state index < -0.39 is 0 Å². The highest BCUT2D eigenvalue weighted by Gasteiger charge is 2.45. The quantitative estimate of drug-likeness (QED) is 0.657. The van der Waals surface area contributed by atoms with Gasteiger partial charge in [0.05, 0.1) is 19.8 Å². The summed E-state index contributed by atoms with van der Waals surface area (Å²) in [5.41, 5.74) is 4.39. The van der Waals surface area contributed by atoms with Crippen LogP contribution in [0.25, 0.3) is 0 Å². The second kappa shape index (κ2) is 8.10. The van der Waals surface area contributed by atoms with Crippen LogP contribution in [0, 0.1) is 0 Å². The molecule has 2 fully saturated rings. The molecule has 0 amide bonds. The summed E-state index contributed by atoms with van der Waals surface area (Å²) in [4.78, 5) is 14.2. The molecule has 1 N–H and O–H groups in total. The molecule has 1 aromatic carbocycles. The number of hydrogen-bond acceptors (Lipinski definition) is 8. The number of ether oxygens (including phenoxy) is 3. The lowest BCUT2D eigenvalue weighted by atomic mass is 9.97. The minimum Gasteiger partial charge on any atom is -0.454 e. The molecule has 2 aliphatic heterocycles. The Morgan fingerprint density at radius 1 is 1.24 bits per heavy atom. The third kappa shape index (κ3) is 3.94. The van der Waals surface area contributed by atoms with Crippen LogP contribution < -0.4 is 15.0 Å². The first kappa shape index (κ1) is 19.1. The van der Waals surface area contributed by atoms with Crippen LogP contribution in [0.5, 0.6) is 11.5 Å². The Kier molecular flexibility index (Phi) is 5.34. The van der Waals surface area contributed by atoms with Gasteiger partial charge in [0.15, 0.2) is 11.5 Å². The third-order valence-electron chi connectivity index (χ3n) is 6.07. The highest BCUT2D eigenvalue weighted by Crippen LogP contribution is 2.50. The molecule has 7 nitrogen and oxygen atoms in total. The van der Waals surface area contributed by atoms with Crippen molar-refractivity contribution >= 4 is 16.5 Å². The molecule has 1 atom stereocenters. The van der Waals surface area contributed by atoms with E-state index >= 15 is 0 Å². The Bertz CT molecular complexity index is 848. The first-order chi connectivity index (χ1) is 14.3. The van der Waals surface area contributed by atoms with Crippen molar-refractivity contribution in [1.29, 1.82) is 0 Å². The molecule has 8 heteroatoms. The number of morpholine rings is 1. The van der Waals surface area contributed by atoms with Crippen LogP contribution in [0.2, 0.25) is 0 Å². The zero-order chi connectivity index (χ0) is 19.7. The molecule has 3 heterocycles. The Morgan fingerprint density at radius 3 is 2.86 bits per heavy atom. The molecule has 1 unspecified atom stereocenters. The molecule has 0 bridgehead atoms. The molecular weight excluding hydrogens is 390 g/mol. The van der Waals surface area contributed by atoms with Crippen molar-refractivity contribution in [2.75, 3.05) is 45.2 Å². The van der Waals surface area contributed by atoms with Crippen molar-refractivity contribution in [3.05, 3.63) is 34.8 Å². The van der Waals surface area contributed by atoms with Gasteiger partial charge in [-0.15, -0.1) is 0 Å². The van der Waals surface area contributed by atoms with Gasteiger partial charge in [0.1, 0.15) is 0 Å². The zero-order valence-corrected chi connectivity index (χ0v) is 17.5. The maximum Gasteiger partial charge on any atom is 0.231 e. The smallest absolute Gasteiger partial charge is 0.231 e. The second-order valence-corrected chi connectivity index (χ2v) is 8.94. The molecular formula is C21H27N3O4S. The minimum absolute atomic E-state index is 0.0633. The molecule has 0 radical (unpaired) electrons. The minimum atomic E-state index is 0.0633. The average molecular weight is 418 g/mol. The normalized spacial score (nSPS) is 21.1. The predicted molar refractivity (Wildman–Crippen MR) is 111 cm³/mol. The summed E-state index contributed by atoms with van der Waals surface area (Å²) in [5, 5.41) is 0.813. The van der Waals surface area contributed by atoms with Gasteiger partial charge in [-0.2, -0.15) is 0 Å². The average Bonchev–Trinajstić information content (AvgIpc) is 3.17. The molecule has 2 aromatic rings. The van der Waals surface area contributed by atoms with Gasteiger partial charge in [0.25, 0.3) is 0 Å². The SMILES string of the molecule is CCC(c1cnc(NOCC2(c3ccc4c(c3)OCO4)CC2)s1)N1CCOCC1. The number of nitrogens with zero attached hydrogens (tertiary/aromatic N) is 2. The van der Waals surface area contributed by atoms with E-state index in [1.54, 1.807) is 11.3 Å². The monoisotopic (exact) mass is 417 g/mol. The largest absolute Gasteiger partial charge is 0.454 e. The van der Waals surface area contributed by atoms with Gasteiger partial charge in [-0.1, -0.05) is 24.3 Å². The fourth-order valence-electron chi connectivity index (χ4n) is 4.15. The van der Waals surface area contributed by atoms with Gasteiger partial charge in [0.2, 0.25) is 11.9 Å². The molecule has 0 spiro atoms. The summed E-state index contributed by atoms with van der Waals surface area (Å²) < 4.78 is 16.4. The Balaban J connectivity index is 1.18. The van der Waals surface area contributed by atoms with Crippen molar-refractivity contribution in [3.8, 4) is 11.5 Å². The standard InChI is InChI=1S/C21H27N3O4S/c1-2-16(24-7-9-25-10-8-24)19-12-22-20(29-19)23-28-13-21(5-6-21)15-3-4-17-18(11-15)27-14-26-17/h3-4,11-12,16H,2,5-10,13-14H2,1H3,(H,22,23). The van der Waals surface area contributed by atoms with Crippen molar-refractivity contribution in [3.63, 3.8) is 0 Å². The lowest BCUT2D eigenvalue weighted by molar-refractivity contribution is 0.0159. The van der Waals surface area contributed by atoms with Crippen molar-refractivity contribution in [2.45, 2.75) is 37.6 Å². The van der Waals surface area contributed by atoms with Crippen LogP contribution in [0.1, 0.15) is 42.7 Å². The van der Waals surface area contributed by atoms with Crippen LogP contribution >= 0.6 is 11.3 Å². The number of nitrogens with one attached hydrogen (secondary N) is 1.